The molecule has 98 valence electrons. The highest BCUT2D eigenvalue weighted by Gasteiger charge is 2.18. The van der Waals surface area contributed by atoms with Crippen LogP contribution in [0.5, 0.6) is 0 Å². The minimum absolute atomic E-state index is 0.107. The standard InChI is InChI=1S/C12H18N4OS/c1-9-10(7-13-12(18)14-9)11(17)8-16-5-3-15(2)4-6-16/h7H,3-6,8H2,1-2H3,(H,13,14,18). The smallest absolute Gasteiger partial charge is 0.196 e. The topological polar surface area (TPSA) is 52.2 Å². The Morgan fingerprint density at radius 1 is 1.44 bits per heavy atom. The van der Waals surface area contributed by atoms with Gasteiger partial charge in [0.1, 0.15) is 0 Å². The predicted molar refractivity (Wildman–Crippen MR) is 72.4 cm³/mol. The maximum absolute atomic E-state index is 12.2. The summed E-state index contributed by atoms with van der Waals surface area (Å²) in [7, 11) is 2.10. The number of nitrogens with zero attached hydrogens (tertiary/aromatic N) is 3. The van der Waals surface area contributed by atoms with Crippen molar-refractivity contribution in [1.29, 1.82) is 0 Å². The second-order valence-electron chi connectivity index (χ2n) is 4.73. The van der Waals surface area contributed by atoms with Crippen molar-refractivity contribution in [3.05, 3.63) is 22.2 Å². The summed E-state index contributed by atoms with van der Waals surface area (Å²) in [5.74, 6) is 0.107. The number of hydrogen-bond acceptors (Lipinski definition) is 5. The fourth-order valence-corrected chi connectivity index (χ4v) is 2.26. The van der Waals surface area contributed by atoms with Crippen molar-refractivity contribution in [2.45, 2.75) is 6.92 Å². The second kappa shape index (κ2) is 5.69. The summed E-state index contributed by atoms with van der Waals surface area (Å²) in [5.41, 5.74) is 1.44. The van der Waals surface area contributed by atoms with Crippen LogP contribution in [0, 0.1) is 11.7 Å². The molecule has 1 fully saturated rings. The molecule has 2 rings (SSSR count). The number of carbonyl (C=O) groups excluding carboxylic acids is 1. The first-order valence-electron chi connectivity index (χ1n) is 6.06. The number of carbonyl (C=O) groups is 1. The highest BCUT2D eigenvalue weighted by atomic mass is 32.1. The van der Waals surface area contributed by atoms with Crippen molar-refractivity contribution in [2.24, 2.45) is 0 Å². The SMILES string of the molecule is Cc1[nH]c(=S)ncc1C(=O)CN1CCN(C)CC1. The molecule has 1 aliphatic rings. The zero-order valence-corrected chi connectivity index (χ0v) is 11.6. The molecule has 1 saturated heterocycles. The maximum atomic E-state index is 12.2. The van der Waals surface area contributed by atoms with Gasteiger partial charge in [0.15, 0.2) is 10.6 Å². The van der Waals surface area contributed by atoms with Crippen LogP contribution in [0.15, 0.2) is 6.20 Å². The molecule has 1 aromatic rings. The van der Waals surface area contributed by atoms with E-state index in [-0.39, 0.29) is 5.78 Å². The predicted octanol–water partition coefficient (Wildman–Crippen LogP) is 0.878. The first kappa shape index (κ1) is 13.3. The molecule has 0 aromatic carbocycles. The molecular formula is C12H18N4OS. The number of hydrogen-bond donors (Lipinski definition) is 1. The molecule has 1 N–H and O–H groups in total. The zero-order valence-electron chi connectivity index (χ0n) is 10.8. The van der Waals surface area contributed by atoms with Crippen LogP contribution in [0.3, 0.4) is 0 Å². The molecule has 0 spiro atoms. The normalized spacial score (nSPS) is 17.9. The lowest BCUT2D eigenvalue weighted by Crippen LogP contribution is -2.46. The van der Waals surface area contributed by atoms with Crippen LogP contribution in [0.2, 0.25) is 0 Å². The molecule has 0 atom stereocenters. The Bertz CT molecular complexity index is 491. The van der Waals surface area contributed by atoms with Crippen molar-refractivity contribution >= 4 is 18.0 Å². The van der Waals surface area contributed by atoms with Crippen LogP contribution < -0.4 is 0 Å². The van der Waals surface area contributed by atoms with E-state index in [4.69, 9.17) is 12.2 Å². The Labute approximate surface area is 112 Å². The van der Waals surface area contributed by atoms with Crippen LogP contribution in [-0.2, 0) is 0 Å². The van der Waals surface area contributed by atoms with E-state index in [9.17, 15) is 4.79 Å². The van der Waals surface area contributed by atoms with Crippen molar-refractivity contribution in [3.63, 3.8) is 0 Å². The fraction of sp³-hybridized carbons (Fsp3) is 0.583. The van der Waals surface area contributed by atoms with Crippen molar-refractivity contribution in [3.8, 4) is 0 Å². The summed E-state index contributed by atoms with van der Waals surface area (Å²) >= 11 is 4.93. The number of Topliss-reactive ketones (excluding diaryl/α,β-unsaturated/α-hetero) is 1. The summed E-state index contributed by atoms with van der Waals surface area (Å²) < 4.78 is 0.420. The number of aromatic nitrogens is 2. The van der Waals surface area contributed by atoms with E-state index in [1.54, 1.807) is 6.20 Å². The van der Waals surface area contributed by atoms with E-state index in [0.717, 1.165) is 31.9 Å². The third kappa shape index (κ3) is 3.22. The number of rotatable bonds is 3. The Morgan fingerprint density at radius 3 is 2.72 bits per heavy atom. The number of nitrogens with one attached hydrogen (secondary N) is 1. The van der Waals surface area contributed by atoms with E-state index in [1.807, 2.05) is 6.92 Å². The molecule has 6 heteroatoms. The van der Waals surface area contributed by atoms with Crippen LogP contribution in [0.25, 0.3) is 0 Å². The average molecular weight is 266 g/mol. The summed E-state index contributed by atoms with van der Waals surface area (Å²) in [5, 5.41) is 0. The number of ketones is 1. The summed E-state index contributed by atoms with van der Waals surface area (Å²) in [6, 6.07) is 0. The van der Waals surface area contributed by atoms with Gasteiger partial charge in [0.05, 0.1) is 12.1 Å². The van der Waals surface area contributed by atoms with Gasteiger partial charge < -0.3 is 9.88 Å². The molecule has 1 aromatic heterocycles. The monoisotopic (exact) mass is 266 g/mol. The first-order chi connectivity index (χ1) is 8.56. The highest BCUT2D eigenvalue weighted by molar-refractivity contribution is 7.71. The van der Waals surface area contributed by atoms with Gasteiger partial charge in [-0.2, -0.15) is 0 Å². The molecule has 0 saturated carbocycles. The van der Waals surface area contributed by atoms with Gasteiger partial charge in [-0.05, 0) is 26.2 Å². The molecule has 0 radical (unpaired) electrons. The van der Waals surface area contributed by atoms with E-state index in [2.05, 4.69) is 26.8 Å². The van der Waals surface area contributed by atoms with E-state index >= 15 is 0 Å². The average Bonchev–Trinajstić information content (AvgIpc) is 2.32. The first-order valence-corrected chi connectivity index (χ1v) is 6.47. The second-order valence-corrected chi connectivity index (χ2v) is 5.12. The Hall–Kier alpha value is -1.11. The lowest BCUT2D eigenvalue weighted by molar-refractivity contribution is 0.0875. The minimum Gasteiger partial charge on any atom is -0.334 e. The van der Waals surface area contributed by atoms with E-state index in [1.165, 1.54) is 0 Å². The number of piperazine rings is 1. The van der Waals surface area contributed by atoms with Crippen molar-refractivity contribution in [2.75, 3.05) is 39.8 Å². The lowest BCUT2D eigenvalue weighted by Gasteiger charge is -2.31. The van der Waals surface area contributed by atoms with Crippen LogP contribution >= 0.6 is 12.2 Å². The number of aryl methyl sites for hydroxylation is 1. The lowest BCUT2D eigenvalue weighted by atomic mass is 10.1. The van der Waals surface area contributed by atoms with Gasteiger partial charge in [-0.15, -0.1) is 0 Å². The summed E-state index contributed by atoms with van der Waals surface area (Å²) in [4.78, 5) is 23.5. The van der Waals surface area contributed by atoms with Gasteiger partial charge in [0, 0.05) is 38.1 Å². The maximum Gasteiger partial charge on any atom is 0.196 e. The van der Waals surface area contributed by atoms with Crippen molar-refractivity contribution < 1.29 is 4.79 Å². The molecule has 0 unspecified atom stereocenters. The quantitative estimate of drug-likeness (QED) is 0.650. The van der Waals surface area contributed by atoms with Crippen LogP contribution in [0.1, 0.15) is 16.1 Å². The van der Waals surface area contributed by atoms with Gasteiger partial charge in [-0.25, -0.2) is 4.98 Å². The van der Waals surface area contributed by atoms with E-state index < -0.39 is 0 Å². The molecule has 1 aliphatic heterocycles. The third-order valence-corrected chi connectivity index (χ3v) is 3.48. The number of aromatic amines is 1. The Morgan fingerprint density at radius 2 is 2.11 bits per heavy atom. The molecule has 2 heterocycles. The third-order valence-electron chi connectivity index (χ3n) is 3.27. The molecule has 0 bridgehead atoms. The van der Waals surface area contributed by atoms with Crippen LogP contribution in [-0.4, -0.2) is 65.3 Å². The van der Waals surface area contributed by atoms with Crippen molar-refractivity contribution in [1.82, 2.24) is 19.8 Å². The highest BCUT2D eigenvalue weighted by Crippen LogP contribution is 2.07. The van der Waals surface area contributed by atoms with Gasteiger partial charge in [0.2, 0.25) is 0 Å². The Kier molecular flexibility index (Phi) is 4.21. The van der Waals surface area contributed by atoms with Gasteiger partial charge >= 0.3 is 0 Å². The Balaban J connectivity index is 2.01. The molecule has 0 aliphatic carbocycles. The van der Waals surface area contributed by atoms with Crippen LogP contribution in [0.4, 0.5) is 0 Å². The van der Waals surface area contributed by atoms with Gasteiger partial charge in [-0.3, -0.25) is 9.69 Å². The van der Waals surface area contributed by atoms with Gasteiger partial charge in [-0.1, -0.05) is 0 Å². The molecular weight excluding hydrogens is 248 g/mol. The molecule has 18 heavy (non-hydrogen) atoms. The minimum atomic E-state index is 0.107. The largest absolute Gasteiger partial charge is 0.334 e. The summed E-state index contributed by atoms with van der Waals surface area (Å²) in [6.07, 6.45) is 1.58. The molecule has 0 amide bonds. The number of likely N-dealkylation sites (N-methyl/N-ethyl adjacent to an activating group) is 1. The summed E-state index contributed by atoms with van der Waals surface area (Å²) in [6.45, 7) is 6.23. The zero-order chi connectivity index (χ0) is 13.1. The van der Waals surface area contributed by atoms with E-state index in [0.29, 0.717) is 16.9 Å². The number of H-pyrrole nitrogens is 1. The van der Waals surface area contributed by atoms with Gasteiger partial charge in [0.25, 0.3) is 0 Å². The molecule has 5 nitrogen and oxygen atoms in total. The fourth-order valence-electron chi connectivity index (χ4n) is 2.06.